The van der Waals surface area contributed by atoms with Crippen molar-refractivity contribution in [3.8, 4) is 0 Å². The lowest BCUT2D eigenvalue weighted by molar-refractivity contribution is 0.0830. The number of ether oxygens (including phenoxy) is 2. The number of nitrogens with one attached hydrogen (secondary N) is 1. The normalized spacial score (nSPS) is 16.7. The molecule has 0 aromatic rings. The fourth-order valence-corrected chi connectivity index (χ4v) is 2.95. The highest BCUT2D eigenvalue weighted by Crippen LogP contribution is 2.22. The van der Waals surface area contributed by atoms with Crippen molar-refractivity contribution in [2.45, 2.75) is 46.0 Å². The van der Waals surface area contributed by atoms with Crippen LogP contribution in [0.1, 0.15) is 46.0 Å². The summed E-state index contributed by atoms with van der Waals surface area (Å²) in [6.07, 6.45) is 7.15. The van der Waals surface area contributed by atoms with E-state index in [4.69, 9.17) is 9.47 Å². The van der Waals surface area contributed by atoms with Gasteiger partial charge in [-0.25, -0.2) is 0 Å². The Morgan fingerprint density at radius 1 is 0.905 bits per heavy atom. The molecule has 1 fully saturated rings. The van der Waals surface area contributed by atoms with Crippen molar-refractivity contribution >= 4 is 0 Å². The third kappa shape index (κ3) is 10.2. The Labute approximate surface area is 131 Å². The monoisotopic (exact) mass is 300 g/mol. The van der Waals surface area contributed by atoms with Gasteiger partial charge < -0.3 is 14.8 Å². The second-order valence-electron chi connectivity index (χ2n) is 5.94. The minimum absolute atomic E-state index is 0.805. The first-order valence-electron chi connectivity index (χ1n) is 8.95. The average molecular weight is 300 g/mol. The zero-order chi connectivity index (χ0) is 15.2. The summed E-state index contributed by atoms with van der Waals surface area (Å²) in [7, 11) is 0. The van der Waals surface area contributed by atoms with E-state index in [2.05, 4.69) is 24.1 Å². The molecule has 0 unspecified atom stereocenters. The maximum absolute atomic E-state index is 5.47. The molecule has 0 aliphatic heterocycles. The molecule has 1 aliphatic rings. The summed E-state index contributed by atoms with van der Waals surface area (Å²) in [6, 6.07) is 0. The zero-order valence-corrected chi connectivity index (χ0v) is 14.2. The standard InChI is InChI=1S/C17H36N2O2/c1-3-20-14-12-19(13-15-21-4-2)11-10-18-16-17-8-6-5-7-9-17/h17-18H,3-16H2,1-2H3. The molecule has 4 nitrogen and oxygen atoms in total. The van der Waals surface area contributed by atoms with Gasteiger partial charge in [0, 0.05) is 39.4 Å². The molecule has 0 heterocycles. The van der Waals surface area contributed by atoms with Gasteiger partial charge >= 0.3 is 0 Å². The third-order valence-corrected chi connectivity index (χ3v) is 4.27. The van der Waals surface area contributed by atoms with Gasteiger partial charge in [-0.3, -0.25) is 4.90 Å². The summed E-state index contributed by atoms with van der Waals surface area (Å²) in [5, 5.41) is 3.64. The summed E-state index contributed by atoms with van der Waals surface area (Å²) in [5.74, 6) is 0.916. The van der Waals surface area contributed by atoms with Crippen molar-refractivity contribution in [1.29, 1.82) is 0 Å². The molecule has 1 saturated carbocycles. The van der Waals surface area contributed by atoms with Gasteiger partial charge in [0.15, 0.2) is 0 Å². The van der Waals surface area contributed by atoms with E-state index in [-0.39, 0.29) is 0 Å². The van der Waals surface area contributed by atoms with Gasteiger partial charge in [0.1, 0.15) is 0 Å². The smallest absolute Gasteiger partial charge is 0.0593 e. The first kappa shape index (κ1) is 18.9. The highest BCUT2D eigenvalue weighted by molar-refractivity contribution is 4.69. The zero-order valence-electron chi connectivity index (χ0n) is 14.2. The number of hydrogen-bond acceptors (Lipinski definition) is 4. The highest BCUT2D eigenvalue weighted by atomic mass is 16.5. The fraction of sp³-hybridized carbons (Fsp3) is 1.00. The van der Waals surface area contributed by atoms with Crippen molar-refractivity contribution in [2.75, 3.05) is 59.2 Å². The molecule has 0 aromatic heterocycles. The van der Waals surface area contributed by atoms with E-state index < -0.39 is 0 Å². The molecule has 0 aromatic carbocycles. The van der Waals surface area contributed by atoms with E-state index in [1.54, 1.807) is 0 Å². The van der Waals surface area contributed by atoms with Gasteiger partial charge in [-0.05, 0) is 39.2 Å². The predicted octanol–water partition coefficient (Wildman–Crippen LogP) is 2.53. The van der Waals surface area contributed by atoms with Crippen LogP contribution in [0.4, 0.5) is 0 Å². The number of rotatable bonds is 13. The van der Waals surface area contributed by atoms with Crippen LogP contribution in [0.2, 0.25) is 0 Å². The van der Waals surface area contributed by atoms with Crippen molar-refractivity contribution in [2.24, 2.45) is 5.92 Å². The average Bonchev–Trinajstić information content (AvgIpc) is 2.52. The Kier molecular flexibility index (Phi) is 12.1. The van der Waals surface area contributed by atoms with Crippen LogP contribution < -0.4 is 5.32 Å². The largest absolute Gasteiger partial charge is 0.380 e. The van der Waals surface area contributed by atoms with E-state index in [0.717, 1.165) is 58.5 Å². The fourth-order valence-electron chi connectivity index (χ4n) is 2.95. The second-order valence-corrected chi connectivity index (χ2v) is 5.94. The summed E-state index contributed by atoms with van der Waals surface area (Å²) in [4.78, 5) is 2.44. The van der Waals surface area contributed by atoms with Crippen LogP contribution in [0.5, 0.6) is 0 Å². The highest BCUT2D eigenvalue weighted by Gasteiger charge is 2.12. The lowest BCUT2D eigenvalue weighted by Crippen LogP contribution is -2.38. The minimum Gasteiger partial charge on any atom is -0.380 e. The molecule has 21 heavy (non-hydrogen) atoms. The Hall–Kier alpha value is -0.160. The molecule has 0 radical (unpaired) electrons. The predicted molar refractivity (Wildman–Crippen MR) is 88.9 cm³/mol. The second kappa shape index (κ2) is 13.5. The molecular formula is C17H36N2O2. The maximum Gasteiger partial charge on any atom is 0.0593 e. The molecule has 126 valence electrons. The number of hydrogen-bond donors (Lipinski definition) is 1. The third-order valence-electron chi connectivity index (χ3n) is 4.27. The summed E-state index contributed by atoms with van der Waals surface area (Å²) < 4.78 is 10.9. The Balaban J connectivity index is 2.08. The van der Waals surface area contributed by atoms with Crippen molar-refractivity contribution in [3.05, 3.63) is 0 Å². The van der Waals surface area contributed by atoms with Gasteiger partial charge in [-0.1, -0.05) is 19.3 Å². The van der Waals surface area contributed by atoms with Gasteiger partial charge in [-0.2, -0.15) is 0 Å². The van der Waals surface area contributed by atoms with E-state index >= 15 is 0 Å². The molecule has 1 N–H and O–H groups in total. The lowest BCUT2D eigenvalue weighted by Gasteiger charge is -2.24. The van der Waals surface area contributed by atoms with E-state index in [1.165, 1.54) is 38.6 Å². The summed E-state index contributed by atoms with van der Waals surface area (Å²) in [6.45, 7) is 12.7. The Morgan fingerprint density at radius 2 is 1.52 bits per heavy atom. The van der Waals surface area contributed by atoms with Gasteiger partial charge in [0.25, 0.3) is 0 Å². The lowest BCUT2D eigenvalue weighted by atomic mass is 9.89. The van der Waals surface area contributed by atoms with Crippen LogP contribution in [-0.4, -0.2) is 64.1 Å². The van der Waals surface area contributed by atoms with Gasteiger partial charge in [0.05, 0.1) is 13.2 Å². The molecule has 4 heteroatoms. The summed E-state index contributed by atoms with van der Waals surface area (Å²) >= 11 is 0. The van der Waals surface area contributed by atoms with E-state index in [9.17, 15) is 0 Å². The van der Waals surface area contributed by atoms with Crippen molar-refractivity contribution in [3.63, 3.8) is 0 Å². The van der Waals surface area contributed by atoms with E-state index in [0.29, 0.717) is 0 Å². The first-order valence-corrected chi connectivity index (χ1v) is 8.95. The molecular weight excluding hydrogens is 264 g/mol. The molecule has 1 aliphatic carbocycles. The molecule has 0 atom stereocenters. The quantitative estimate of drug-likeness (QED) is 0.530. The SMILES string of the molecule is CCOCCN(CCNCC1CCCCC1)CCOCC. The molecule has 0 bridgehead atoms. The van der Waals surface area contributed by atoms with Crippen LogP contribution in [0.25, 0.3) is 0 Å². The summed E-state index contributed by atoms with van der Waals surface area (Å²) in [5.41, 5.74) is 0. The van der Waals surface area contributed by atoms with Crippen LogP contribution in [0.15, 0.2) is 0 Å². The molecule has 1 rings (SSSR count). The van der Waals surface area contributed by atoms with Crippen LogP contribution >= 0.6 is 0 Å². The van der Waals surface area contributed by atoms with Gasteiger partial charge in [0.2, 0.25) is 0 Å². The van der Waals surface area contributed by atoms with Crippen LogP contribution in [0, 0.1) is 5.92 Å². The Morgan fingerprint density at radius 3 is 2.10 bits per heavy atom. The number of nitrogens with zero attached hydrogens (tertiary/aromatic N) is 1. The molecule has 0 spiro atoms. The van der Waals surface area contributed by atoms with E-state index in [1.807, 2.05) is 0 Å². The van der Waals surface area contributed by atoms with Crippen LogP contribution in [0.3, 0.4) is 0 Å². The Bertz CT molecular complexity index is 211. The molecule has 0 amide bonds. The minimum atomic E-state index is 0.805. The van der Waals surface area contributed by atoms with Crippen molar-refractivity contribution in [1.82, 2.24) is 10.2 Å². The first-order chi connectivity index (χ1) is 10.4. The van der Waals surface area contributed by atoms with Crippen LogP contribution in [-0.2, 0) is 9.47 Å². The molecule has 0 saturated heterocycles. The topological polar surface area (TPSA) is 33.7 Å². The van der Waals surface area contributed by atoms with Crippen molar-refractivity contribution < 1.29 is 9.47 Å². The maximum atomic E-state index is 5.47. The van der Waals surface area contributed by atoms with Gasteiger partial charge in [-0.15, -0.1) is 0 Å².